The highest BCUT2D eigenvalue weighted by molar-refractivity contribution is 7.99. The van der Waals surface area contributed by atoms with Crippen LogP contribution in [0.15, 0.2) is 35.2 Å². The van der Waals surface area contributed by atoms with Gasteiger partial charge in [0.15, 0.2) is 0 Å². The van der Waals surface area contributed by atoms with E-state index in [1.807, 2.05) is 30.3 Å². The lowest BCUT2D eigenvalue weighted by Crippen LogP contribution is -2.47. The van der Waals surface area contributed by atoms with Gasteiger partial charge in [-0.25, -0.2) is 0 Å². The highest BCUT2D eigenvalue weighted by Gasteiger charge is 2.45. The van der Waals surface area contributed by atoms with Gasteiger partial charge in [0.05, 0.1) is 5.41 Å². The molecular formula is C16H21NO3S. The van der Waals surface area contributed by atoms with Crippen molar-refractivity contribution >= 4 is 23.6 Å². The number of rotatable bonds is 6. The number of thioether (sulfide) groups is 1. The molecule has 0 aromatic heterocycles. The molecule has 4 nitrogen and oxygen atoms in total. The fourth-order valence-electron chi connectivity index (χ4n) is 2.70. The summed E-state index contributed by atoms with van der Waals surface area (Å²) in [5, 5.41) is 12.2. The van der Waals surface area contributed by atoms with Crippen LogP contribution in [-0.4, -0.2) is 28.8 Å². The molecule has 1 aliphatic carbocycles. The monoisotopic (exact) mass is 307 g/mol. The molecule has 1 aliphatic rings. The number of amides is 1. The van der Waals surface area contributed by atoms with Gasteiger partial charge in [-0.05, 0) is 31.9 Å². The van der Waals surface area contributed by atoms with Crippen molar-refractivity contribution in [2.45, 2.75) is 43.5 Å². The molecule has 2 unspecified atom stereocenters. The second kappa shape index (κ2) is 6.98. The zero-order chi connectivity index (χ0) is 15.3. The van der Waals surface area contributed by atoms with Gasteiger partial charge < -0.3 is 10.4 Å². The molecule has 1 amide bonds. The van der Waals surface area contributed by atoms with Crippen molar-refractivity contribution in [1.82, 2.24) is 5.32 Å². The van der Waals surface area contributed by atoms with Crippen LogP contribution in [0.2, 0.25) is 0 Å². The van der Waals surface area contributed by atoms with Crippen LogP contribution >= 0.6 is 11.8 Å². The van der Waals surface area contributed by atoms with Crippen LogP contribution in [0.4, 0.5) is 0 Å². The van der Waals surface area contributed by atoms with Crippen molar-refractivity contribution in [3.8, 4) is 0 Å². The Morgan fingerprint density at radius 2 is 2.10 bits per heavy atom. The Balaban J connectivity index is 1.78. The summed E-state index contributed by atoms with van der Waals surface area (Å²) in [4.78, 5) is 24.5. The molecule has 2 atom stereocenters. The maximum Gasteiger partial charge on any atom is 0.311 e. The van der Waals surface area contributed by atoms with E-state index in [2.05, 4.69) is 5.32 Å². The molecule has 21 heavy (non-hydrogen) atoms. The Morgan fingerprint density at radius 3 is 2.76 bits per heavy atom. The predicted octanol–water partition coefficient (Wildman–Crippen LogP) is 2.93. The van der Waals surface area contributed by atoms with Gasteiger partial charge in [-0.2, -0.15) is 0 Å². The summed E-state index contributed by atoms with van der Waals surface area (Å²) >= 11 is 1.64. The number of carbonyl (C=O) groups is 2. The van der Waals surface area contributed by atoms with E-state index in [0.29, 0.717) is 18.6 Å². The first-order valence-corrected chi connectivity index (χ1v) is 8.21. The van der Waals surface area contributed by atoms with Crippen LogP contribution < -0.4 is 5.32 Å². The minimum absolute atomic E-state index is 0.0576. The Morgan fingerprint density at radius 1 is 1.38 bits per heavy atom. The van der Waals surface area contributed by atoms with Gasteiger partial charge in [0.2, 0.25) is 5.91 Å². The van der Waals surface area contributed by atoms with E-state index in [-0.39, 0.29) is 11.9 Å². The van der Waals surface area contributed by atoms with Gasteiger partial charge in [0.1, 0.15) is 0 Å². The molecule has 114 valence electrons. The Kier molecular flexibility index (Phi) is 5.28. The zero-order valence-electron chi connectivity index (χ0n) is 12.2. The van der Waals surface area contributed by atoms with Gasteiger partial charge in [0, 0.05) is 23.1 Å². The summed E-state index contributed by atoms with van der Waals surface area (Å²) in [6, 6.07) is 9.69. The first kappa shape index (κ1) is 15.9. The summed E-state index contributed by atoms with van der Waals surface area (Å²) < 4.78 is 0. The lowest BCUT2D eigenvalue weighted by atomic mass is 9.85. The second-order valence-corrected chi connectivity index (χ2v) is 6.81. The molecule has 0 spiro atoms. The van der Waals surface area contributed by atoms with E-state index in [1.54, 1.807) is 18.7 Å². The van der Waals surface area contributed by atoms with Gasteiger partial charge in [-0.3, -0.25) is 9.59 Å². The molecule has 0 aliphatic heterocycles. The van der Waals surface area contributed by atoms with Crippen LogP contribution in [0, 0.1) is 5.41 Å². The molecule has 1 aromatic rings. The number of aliphatic carboxylic acids is 1. The molecular weight excluding hydrogens is 286 g/mol. The average Bonchev–Trinajstić information content (AvgIpc) is 2.83. The number of carboxylic acids is 1. The summed E-state index contributed by atoms with van der Waals surface area (Å²) in [6.45, 7) is 1.73. The molecule has 0 heterocycles. The number of nitrogens with one attached hydrogen (secondary N) is 1. The molecule has 1 fully saturated rings. The van der Waals surface area contributed by atoms with Crippen LogP contribution in [0.3, 0.4) is 0 Å². The van der Waals surface area contributed by atoms with E-state index in [1.165, 1.54) is 0 Å². The summed E-state index contributed by atoms with van der Waals surface area (Å²) in [7, 11) is 0. The van der Waals surface area contributed by atoms with E-state index in [0.717, 1.165) is 17.7 Å². The highest BCUT2D eigenvalue weighted by Crippen LogP contribution is 2.38. The number of hydrogen-bond donors (Lipinski definition) is 2. The zero-order valence-corrected chi connectivity index (χ0v) is 13.0. The fourth-order valence-corrected chi connectivity index (χ4v) is 3.57. The largest absolute Gasteiger partial charge is 0.481 e. The summed E-state index contributed by atoms with van der Waals surface area (Å²) in [5.41, 5.74) is -0.817. The molecule has 5 heteroatoms. The van der Waals surface area contributed by atoms with Crippen molar-refractivity contribution in [3.63, 3.8) is 0 Å². The molecule has 0 bridgehead atoms. The molecule has 2 N–H and O–H groups in total. The average molecular weight is 307 g/mol. The van der Waals surface area contributed by atoms with Crippen LogP contribution in [-0.2, 0) is 9.59 Å². The number of carboxylic acid groups (broad SMARTS) is 1. The normalized spacial score (nSPS) is 24.7. The molecule has 0 saturated heterocycles. The SMILES string of the molecule is CC1(C(=O)O)CCCC1NC(=O)CCSc1ccccc1. The van der Waals surface area contributed by atoms with Crippen LogP contribution in [0.25, 0.3) is 0 Å². The third-order valence-electron chi connectivity index (χ3n) is 4.12. The van der Waals surface area contributed by atoms with Crippen molar-refractivity contribution in [2.75, 3.05) is 5.75 Å². The minimum atomic E-state index is -0.817. The maximum atomic E-state index is 12.0. The Hall–Kier alpha value is -1.49. The smallest absolute Gasteiger partial charge is 0.311 e. The van der Waals surface area contributed by atoms with E-state index in [9.17, 15) is 14.7 Å². The molecule has 1 aromatic carbocycles. The van der Waals surface area contributed by atoms with Gasteiger partial charge in [0.25, 0.3) is 0 Å². The van der Waals surface area contributed by atoms with E-state index in [4.69, 9.17) is 0 Å². The standard InChI is InChI=1S/C16H21NO3S/c1-16(15(19)20)10-5-8-13(16)17-14(18)9-11-21-12-6-3-2-4-7-12/h2-4,6-7,13H,5,8-11H2,1H3,(H,17,18)(H,19,20). The fraction of sp³-hybridized carbons (Fsp3) is 0.500. The van der Waals surface area contributed by atoms with Crippen molar-refractivity contribution in [2.24, 2.45) is 5.41 Å². The Bertz CT molecular complexity index is 506. The third-order valence-corrected chi connectivity index (χ3v) is 5.14. The minimum Gasteiger partial charge on any atom is -0.481 e. The molecule has 0 radical (unpaired) electrons. The molecule has 2 rings (SSSR count). The lowest BCUT2D eigenvalue weighted by Gasteiger charge is -2.27. The predicted molar refractivity (Wildman–Crippen MR) is 83.3 cm³/mol. The Labute approximate surface area is 129 Å². The summed E-state index contributed by atoms with van der Waals surface area (Å²) in [5.74, 6) is -0.173. The van der Waals surface area contributed by atoms with Crippen molar-refractivity contribution in [1.29, 1.82) is 0 Å². The number of hydrogen-bond acceptors (Lipinski definition) is 3. The topological polar surface area (TPSA) is 66.4 Å². The van der Waals surface area contributed by atoms with Crippen molar-refractivity contribution in [3.05, 3.63) is 30.3 Å². The van der Waals surface area contributed by atoms with Crippen molar-refractivity contribution < 1.29 is 14.7 Å². The van der Waals surface area contributed by atoms with Gasteiger partial charge in [-0.15, -0.1) is 11.8 Å². The van der Waals surface area contributed by atoms with E-state index < -0.39 is 11.4 Å². The quantitative estimate of drug-likeness (QED) is 0.793. The first-order valence-electron chi connectivity index (χ1n) is 7.23. The second-order valence-electron chi connectivity index (χ2n) is 5.65. The summed E-state index contributed by atoms with van der Waals surface area (Å²) in [6.07, 6.45) is 2.64. The van der Waals surface area contributed by atoms with Crippen LogP contribution in [0.5, 0.6) is 0 Å². The van der Waals surface area contributed by atoms with E-state index >= 15 is 0 Å². The van der Waals surface area contributed by atoms with Crippen LogP contribution in [0.1, 0.15) is 32.6 Å². The highest BCUT2D eigenvalue weighted by atomic mass is 32.2. The van der Waals surface area contributed by atoms with Gasteiger partial charge in [-0.1, -0.05) is 24.6 Å². The third kappa shape index (κ3) is 4.00. The first-order chi connectivity index (χ1) is 10.0. The molecule has 1 saturated carbocycles. The number of benzene rings is 1. The van der Waals surface area contributed by atoms with Gasteiger partial charge >= 0.3 is 5.97 Å². The lowest BCUT2D eigenvalue weighted by molar-refractivity contribution is -0.149. The number of carbonyl (C=O) groups excluding carboxylic acids is 1. The maximum absolute atomic E-state index is 12.0.